The molecule has 2 unspecified atom stereocenters. The number of halogens is 3. The predicted molar refractivity (Wildman–Crippen MR) is 143 cm³/mol. The maximum atomic E-state index is 13.2. The smallest absolute Gasteiger partial charge is 0.416 e. The van der Waals surface area contributed by atoms with Crippen LogP contribution in [-0.2, 0) is 23.9 Å². The average Bonchev–Trinajstić information content (AvgIpc) is 2.91. The number of carboxylic acid groups (broad SMARTS) is 1. The normalized spacial score (nSPS) is 13.3. The molecule has 0 aliphatic heterocycles. The minimum absolute atomic E-state index is 0.0899. The van der Waals surface area contributed by atoms with E-state index in [1.165, 1.54) is 12.1 Å². The van der Waals surface area contributed by atoms with Gasteiger partial charge in [0.15, 0.2) is 0 Å². The molecular formula is C32H30F3NO2. The average molecular weight is 518 g/mol. The van der Waals surface area contributed by atoms with E-state index in [0.717, 1.165) is 28.3 Å². The van der Waals surface area contributed by atoms with E-state index in [2.05, 4.69) is 11.8 Å². The lowest BCUT2D eigenvalue weighted by atomic mass is 9.94. The zero-order chi connectivity index (χ0) is 27.1. The number of benzene rings is 4. The van der Waals surface area contributed by atoms with E-state index in [9.17, 15) is 23.1 Å². The van der Waals surface area contributed by atoms with Gasteiger partial charge in [-0.15, -0.1) is 0 Å². The fourth-order valence-electron chi connectivity index (χ4n) is 4.83. The Hall–Kier alpha value is -3.90. The van der Waals surface area contributed by atoms with E-state index in [0.29, 0.717) is 18.5 Å². The molecule has 0 saturated heterocycles. The lowest BCUT2D eigenvalue weighted by molar-refractivity contribution is -0.139. The number of aliphatic carboxylic acids is 1. The fourth-order valence-corrected chi connectivity index (χ4v) is 4.83. The molecule has 0 radical (unpaired) electrons. The van der Waals surface area contributed by atoms with Crippen LogP contribution in [0.25, 0.3) is 0 Å². The summed E-state index contributed by atoms with van der Waals surface area (Å²) in [6.07, 6.45) is -4.21. The van der Waals surface area contributed by atoms with Crippen molar-refractivity contribution in [1.29, 1.82) is 0 Å². The molecule has 6 heteroatoms. The number of carboxylic acids is 1. The van der Waals surface area contributed by atoms with Gasteiger partial charge in [-0.1, -0.05) is 103 Å². The van der Waals surface area contributed by atoms with Crippen molar-refractivity contribution >= 4 is 5.97 Å². The third kappa shape index (κ3) is 7.11. The summed E-state index contributed by atoms with van der Waals surface area (Å²) < 4.78 is 39.7. The van der Waals surface area contributed by atoms with Crippen molar-refractivity contribution in [1.82, 2.24) is 4.90 Å². The van der Waals surface area contributed by atoms with Gasteiger partial charge in [-0.05, 0) is 47.2 Å². The van der Waals surface area contributed by atoms with Gasteiger partial charge in [-0.25, -0.2) is 0 Å². The van der Waals surface area contributed by atoms with E-state index in [4.69, 9.17) is 0 Å². The molecule has 0 bridgehead atoms. The molecule has 4 aromatic rings. The van der Waals surface area contributed by atoms with Crippen molar-refractivity contribution in [2.45, 2.75) is 44.6 Å². The predicted octanol–water partition coefficient (Wildman–Crippen LogP) is 8.08. The first-order valence-electron chi connectivity index (χ1n) is 12.5. The molecule has 0 aliphatic rings. The summed E-state index contributed by atoms with van der Waals surface area (Å²) in [6, 6.07) is 32.2. The van der Waals surface area contributed by atoms with Gasteiger partial charge in [0.1, 0.15) is 0 Å². The number of carbonyl (C=O) groups is 1. The molecule has 4 aromatic carbocycles. The Bertz CT molecular complexity index is 1340. The van der Waals surface area contributed by atoms with Crippen LogP contribution in [0.4, 0.5) is 13.2 Å². The Morgan fingerprint density at radius 1 is 0.763 bits per heavy atom. The van der Waals surface area contributed by atoms with Gasteiger partial charge >= 0.3 is 12.1 Å². The highest BCUT2D eigenvalue weighted by atomic mass is 19.4. The van der Waals surface area contributed by atoms with Gasteiger partial charge in [0, 0.05) is 18.6 Å². The van der Waals surface area contributed by atoms with Crippen LogP contribution in [0, 0.1) is 0 Å². The van der Waals surface area contributed by atoms with E-state index in [-0.39, 0.29) is 12.5 Å². The van der Waals surface area contributed by atoms with Crippen LogP contribution in [0.3, 0.4) is 0 Å². The second-order valence-electron chi connectivity index (χ2n) is 9.48. The summed E-state index contributed by atoms with van der Waals surface area (Å²) >= 11 is 0. The Kier molecular flexibility index (Phi) is 8.64. The quantitative estimate of drug-likeness (QED) is 0.231. The van der Waals surface area contributed by atoms with Crippen molar-refractivity contribution < 1.29 is 23.1 Å². The molecule has 0 aliphatic carbocycles. The topological polar surface area (TPSA) is 40.5 Å². The number of hydrogen-bond acceptors (Lipinski definition) is 2. The number of nitrogens with zero attached hydrogens (tertiary/aromatic N) is 1. The Morgan fingerprint density at radius 3 is 1.95 bits per heavy atom. The highest BCUT2D eigenvalue weighted by Gasteiger charge is 2.31. The van der Waals surface area contributed by atoms with E-state index < -0.39 is 23.8 Å². The largest absolute Gasteiger partial charge is 0.481 e. The lowest BCUT2D eigenvalue weighted by Gasteiger charge is -2.37. The van der Waals surface area contributed by atoms with Crippen LogP contribution in [0.15, 0.2) is 109 Å². The molecular weight excluding hydrogens is 487 g/mol. The zero-order valence-electron chi connectivity index (χ0n) is 21.1. The maximum Gasteiger partial charge on any atom is 0.416 e. The van der Waals surface area contributed by atoms with Crippen LogP contribution < -0.4 is 0 Å². The number of rotatable bonds is 10. The third-order valence-corrected chi connectivity index (χ3v) is 6.75. The summed E-state index contributed by atoms with van der Waals surface area (Å²) in [6.45, 7) is 2.60. The molecule has 0 fully saturated rings. The molecule has 0 amide bonds. The third-order valence-electron chi connectivity index (χ3n) is 6.75. The summed E-state index contributed by atoms with van der Waals surface area (Å²) in [5.41, 5.74) is 3.63. The molecule has 2 atom stereocenters. The first-order chi connectivity index (χ1) is 18.2. The molecule has 0 aromatic heterocycles. The zero-order valence-corrected chi connectivity index (χ0v) is 21.1. The highest BCUT2D eigenvalue weighted by Crippen LogP contribution is 2.35. The van der Waals surface area contributed by atoms with Gasteiger partial charge in [0.2, 0.25) is 0 Å². The van der Waals surface area contributed by atoms with E-state index >= 15 is 0 Å². The highest BCUT2D eigenvalue weighted by molar-refractivity contribution is 5.68. The van der Waals surface area contributed by atoms with E-state index in [1.807, 2.05) is 84.9 Å². The maximum absolute atomic E-state index is 13.2. The molecule has 1 N–H and O–H groups in total. The first kappa shape index (κ1) is 27.1. The van der Waals surface area contributed by atoms with Crippen LogP contribution in [0.5, 0.6) is 0 Å². The molecule has 0 saturated carbocycles. The summed E-state index contributed by atoms with van der Waals surface area (Å²) in [7, 11) is 0. The Morgan fingerprint density at radius 2 is 1.32 bits per heavy atom. The first-order valence-corrected chi connectivity index (χ1v) is 12.5. The van der Waals surface area contributed by atoms with Crippen molar-refractivity contribution in [2.24, 2.45) is 0 Å². The van der Waals surface area contributed by atoms with E-state index in [1.54, 1.807) is 6.07 Å². The summed E-state index contributed by atoms with van der Waals surface area (Å²) in [4.78, 5) is 14.3. The number of hydrogen-bond donors (Lipinski definition) is 1. The van der Waals surface area contributed by atoms with Crippen LogP contribution >= 0.6 is 0 Å². The molecule has 0 heterocycles. The summed E-state index contributed by atoms with van der Waals surface area (Å²) in [5, 5.41) is 9.89. The van der Waals surface area contributed by atoms with Gasteiger partial charge in [-0.2, -0.15) is 13.2 Å². The van der Waals surface area contributed by atoms with Gasteiger partial charge in [0.25, 0.3) is 0 Å². The van der Waals surface area contributed by atoms with Crippen molar-refractivity contribution in [3.05, 3.63) is 143 Å². The molecule has 0 spiro atoms. The second kappa shape index (κ2) is 12.1. The Balaban J connectivity index is 1.70. The van der Waals surface area contributed by atoms with Crippen LogP contribution in [0.2, 0.25) is 0 Å². The van der Waals surface area contributed by atoms with Gasteiger partial charge in [-0.3, -0.25) is 9.69 Å². The van der Waals surface area contributed by atoms with Crippen LogP contribution in [-0.4, -0.2) is 16.0 Å². The fraction of sp³-hybridized carbons (Fsp3) is 0.219. The summed E-state index contributed by atoms with van der Waals surface area (Å²) in [5.74, 6) is -0.920. The molecule has 3 nitrogen and oxygen atoms in total. The monoisotopic (exact) mass is 517 g/mol. The Labute approximate surface area is 221 Å². The molecule has 4 rings (SSSR count). The second-order valence-corrected chi connectivity index (χ2v) is 9.48. The SMILES string of the molecule is CC(c1ccccc1)N(Cc1ccccc1)C(CC(=O)O)c1cccc(Cc2cccc(C(F)(F)F)c2)c1. The van der Waals surface area contributed by atoms with Crippen molar-refractivity contribution in [2.75, 3.05) is 0 Å². The standard InChI is InChI=1S/C32H30F3NO2/c1-23(27-14-6-3-7-15-27)36(22-24-10-4-2-5-11-24)30(21-31(37)38)28-16-8-12-25(19-28)18-26-13-9-17-29(20-26)32(33,34)35/h2-17,19-20,23,30H,18,21-22H2,1H3,(H,37,38). The lowest BCUT2D eigenvalue weighted by Crippen LogP contribution is -2.32. The van der Waals surface area contributed by atoms with Crippen molar-refractivity contribution in [3.8, 4) is 0 Å². The van der Waals surface area contributed by atoms with Crippen molar-refractivity contribution in [3.63, 3.8) is 0 Å². The molecule has 38 heavy (non-hydrogen) atoms. The van der Waals surface area contributed by atoms with Gasteiger partial charge in [0.05, 0.1) is 12.0 Å². The minimum Gasteiger partial charge on any atom is -0.481 e. The molecule has 196 valence electrons. The number of alkyl halides is 3. The van der Waals surface area contributed by atoms with Gasteiger partial charge < -0.3 is 5.11 Å². The minimum atomic E-state index is -4.41. The van der Waals surface area contributed by atoms with Crippen LogP contribution in [0.1, 0.15) is 58.8 Å².